The lowest BCUT2D eigenvalue weighted by Gasteiger charge is -2.35. The van der Waals surface area contributed by atoms with Gasteiger partial charge in [0.15, 0.2) is 0 Å². The van der Waals surface area contributed by atoms with Gasteiger partial charge in [0, 0.05) is 19.2 Å². The molecule has 1 saturated heterocycles. The second-order valence-corrected chi connectivity index (χ2v) is 9.09. The molecule has 1 aliphatic carbocycles. The molecule has 3 rings (SSSR count). The van der Waals surface area contributed by atoms with E-state index in [1.807, 2.05) is 42.2 Å². The normalized spacial score (nSPS) is 21.8. The van der Waals surface area contributed by atoms with Gasteiger partial charge in [0.1, 0.15) is 6.61 Å². The predicted octanol–water partition coefficient (Wildman–Crippen LogP) is 5.63. The summed E-state index contributed by atoms with van der Waals surface area (Å²) >= 11 is 0. The number of nitrogens with zero attached hydrogens (tertiary/aromatic N) is 2. The molecule has 0 radical (unpaired) electrons. The SMILES string of the molecule is CCN(C(=O)OCc1ccccc1)C1CCC(OCCCCCCN2CCCC2)CC1. The van der Waals surface area contributed by atoms with E-state index in [9.17, 15) is 4.79 Å². The molecular weight excluding hydrogens is 388 g/mol. The first-order valence-corrected chi connectivity index (χ1v) is 12.6. The smallest absolute Gasteiger partial charge is 0.410 e. The van der Waals surface area contributed by atoms with Crippen molar-refractivity contribution in [2.24, 2.45) is 0 Å². The van der Waals surface area contributed by atoms with Crippen molar-refractivity contribution in [3.63, 3.8) is 0 Å². The van der Waals surface area contributed by atoms with Crippen LogP contribution in [0.5, 0.6) is 0 Å². The molecule has 1 amide bonds. The summed E-state index contributed by atoms with van der Waals surface area (Å²) in [7, 11) is 0. The molecule has 0 atom stereocenters. The lowest BCUT2D eigenvalue weighted by atomic mass is 9.92. The maximum atomic E-state index is 12.6. The first kappa shape index (κ1) is 24.1. The van der Waals surface area contributed by atoms with Crippen LogP contribution in [0.4, 0.5) is 4.79 Å². The van der Waals surface area contributed by atoms with Crippen molar-refractivity contribution >= 4 is 6.09 Å². The van der Waals surface area contributed by atoms with Crippen molar-refractivity contribution in [1.29, 1.82) is 0 Å². The van der Waals surface area contributed by atoms with Crippen LogP contribution in [0.3, 0.4) is 0 Å². The number of carbonyl (C=O) groups is 1. The van der Waals surface area contributed by atoms with Crippen LogP contribution in [0.15, 0.2) is 30.3 Å². The van der Waals surface area contributed by atoms with E-state index >= 15 is 0 Å². The lowest BCUT2D eigenvalue weighted by molar-refractivity contribution is 0.00402. The quantitative estimate of drug-likeness (QED) is 0.403. The maximum absolute atomic E-state index is 12.6. The zero-order chi connectivity index (χ0) is 21.7. The third kappa shape index (κ3) is 8.46. The monoisotopic (exact) mass is 430 g/mol. The van der Waals surface area contributed by atoms with Crippen LogP contribution in [-0.4, -0.2) is 60.8 Å². The van der Waals surface area contributed by atoms with Crippen molar-refractivity contribution in [3.8, 4) is 0 Å². The number of carbonyl (C=O) groups excluding carboxylic acids is 1. The fourth-order valence-electron chi connectivity index (χ4n) is 4.91. The van der Waals surface area contributed by atoms with Gasteiger partial charge < -0.3 is 19.3 Å². The molecule has 1 aromatic carbocycles. The minimum Gasteiger partial charge on any atom is -0.445 e. The van der Waals surface area contributed by atoms with Gasteiger partial charge in [-0.25, -0.2) is 4.79 Å². The highest BCUT2D eigenvalue weighted by atomic mass is 16.6. The molecule has 5 heteroatoms. The molecule has 0 spiro atoms. The summed E-state index contributed by atoms with van der Waals surface area (Å²) in [5.74, 6) is 0. The summed E-state index contributed by atoms with van der Waals surface area (Å²) in [6.45, 7) is 7.87. The highest BCUT2D eigenvalue weighted by Gasteiger charge is 2.29. The van der Waals surface area contributed by atoms with Gasteiger partial charge in [-0.3, -0.25) is 0 Å². The zero-order valence-electron chi connectivity index (χ0n) is 19.5. The summed E-state index contributed by atoms with van der Waals surface area (Å²) in [6.07, 6.45) is 12.2. The molecule has 31 heavy (non-hydrogen) atoms. The van der Waals surface area contributed by atoms with Gasteiger partial charge >= 0.3 is 6.09 Å². The first-order valence-electron chi connectivity index (χ1n) is 12.6. The second-order valence-electron chi connectivity index (χ2n) is 9.09. The van der Waals surface area contributed by atoms with Crippen LogP contribution in [0.25, 0.3) is 0 Å². The molecule has 2 fully saturated rings. The topological polar surface area (TPSA) is 42.0 Å². The lowest BCUT2D eigenvalue weighted by Crippen LogP contribution is -2.43. The van der Waals surface area contributed by atoms with Gasteiger partial charge in [0.2, 0.25) is 0 Å². The molecule has 1 saturated carbocycles. The van der Waals surface area contributed by atoms with Crippen LogP contribution >= 0.6 is 0 Å². The molecule has 174 valence electrons. The third-order valence-electron chi connectivity index (χ3n) is 6.79. The van der Waals surface area contributed by atoms with Crippen molar-refractivity contribution < 1.29 is 14.3 Å². The van der Waals surface area contributed by atoms with Crippen molar-refractivity contribution in [2.75, 3.05) is 32.8 Å². The van der Waals surface area contributed by atoms with Crippen LogP contribution in [0.2, 0.25) is 0 Å². The molecule has 0 bridgehead atoms. The second kappa shape index (κ2) is 13.7. The van der Waals surface area contributed by atoms with Gasteiger partial charge in [-0.05, 0) is 83.5 Å². The minimum atomic E-state index is -0.190. The molecule has 0 N–H and O–H groups in total. The Labute approximate surface area is 189 Å². The summed E-state index contributed by atoms with van der Waals surface area (Å²) in [5, 5.41) is 0. The maximum Gasteiger partial charge on any atom is 0.410 e. The average molecular weight is 431 g/mol. The van der Waals surface area contributed by atoms with E-state index in [4.69, 9.17) is 9.47 Å². The number of benzene rings is 1. The summed E-state index contributed by atoms with van der Waals surface area (Å²) in [5.41, 5.74) is 1.03. The standard InChI is InChI=1S/C26H42N2O3/c1-2-28(26(29)31-22-23-12-6-5-7-13-23)24-14-16-25(17-15-24)30-21-11-4-3-8-18-27-19-9-10-20-27/h5-7,12-13,24-25H,2-4,8-11,14-22H2,1H3. The fourth-order valence-corrected chi connectivity index (χ4v) is 4.91. The Bertz CT molecular complexity index is 610. The number of hydrogen-bond acceptors (Lipinski definition) is 4. The van der Waals surface area contributed by atoms with E-state index in [1.165, 1.54) is 58.2 Å². The number of hydrogen-bond donors (Lipinski definition) is 0. The van der Waals surface area contributed by atoms with Crippen LogP contribution < -0.4 is 0 Å². The number of ether oxygens (including phenoxy) is 2. The first-order chi connectivity index (χ1) is 15.3. The van der Waals surface area contributed by atoms with Gasteiger partial charge in [-0.15, -0.1) is 0 Å². The summed E-state index contributed by atoms with van der Waals surface area (Å²) in [4.78, 5) is 17.1. The fraction of sp³-hybridized carbons (Fsp3) is 0.731. The Balaban J connectivity index is 1.24. The number of likely N-dealkylation sites (tertiary alicyclic amines) is 1. The average Bonchev–Trinajstić information content (AvgIpc) is 3.33. The highest BCUT2D eigenvalue weighted by Crippen LogP contribution is 2.26. The predicted molar refractivity (Wildman–Crippen MR) is 125 cm³/mol. The van der Waals surface area contributed by atoms with Gasteiger partial charge in [0.25, 0.3) is 0 Å². The van der Waals surface area contributed by atoms with E-state index in [1.54, 1.807) is 0 Å². The molecule has 0 aromatic heterocycles. The molecule has 2 aliphatic rings. The van der Waals surface area contributed by atoms with Crippen molar-refractivity contribution in [1.82, 2.24) is 9.80 Å². The Morgan fingerprint density at radius 2 is 1.71 bits per heavy atom. The zero-order valence-corrected chi connectivity index (χ0v) is 19.5. The van der Waals surface area contributed by atoms with E-state index < -0.39 is 0 Å². The molecular formula is C26H42N2O3. The van der Waals surface area contributed by atoms with Crippen LogP contribution in [-0.2, 0) is 16.1 Å². The van der Waals surface area contributed by atoms with E-state index in [2.05, 4.69) is 4.90 Å². The molecule has 1 aliphatic heterocycles. The Kier molecular flexibility index (Phi) is 10.7. The third-order valence-corrected chi connectivity index (χ3v) is 6.79. The number of unbranched alkanes of at least 4 members (excludes halogenated alkanes) is 3. The molecule has 5 nitrogen and oxygen atoms in total. The molecule has 1 heterocycles. The summed E-state index contributed by atoms with van der Waals surface area (Å²) < 4.78 is 11.7. The number of rotatable bonds is 12. The van der Waals surface area contributed by atoms with Crippen molar-refractivity contribution in [2.45, 2.75) is 89.9 Å². The van der Waals surface area contributed by atoms with Gasteiger partial charge in [-0.2, -0.15) is 0 Å². The van der Waals surface area contributed by atoms with E-state index in [-0.39, 0.29) is 12.1 Å². The van der Waals surface area contributed by atoms with E-state index in [0.29, 0.717) is 19.3 Å². The number of amides is 1. The van der Waals surface area contributed by atoms with Crippen LogP contribution in [0.1, 0.15) is 76.7 Å². The van der Waals surface area contributed by atoms with Gasteiger partial charge in [-0.1, -0.05) is 43.2 Å². The molecule has 1 aromatic rings. The van der Waals surface area contributed by atoms with Gasteiger partial charge in [0.05, 0.1) is 6.10 Å². The van der Waals surface area contributed by atoms with Crippen molar-refractivity contribution in [3.05, 3.63) is 35.9 Å². The highest BCUT2D eigenvalue weighted by molar-refractivity contribution is 5.68. The Morgan fingerprint density at radius 3 is 2.42 bits per heavy atom. The Hall–Kier alpha value is -1.59. The minimum absolute atomic E-state index is 0.190. The van der Waals surface area contributed by atoms with E-state index in [0.717, 1.165) is 37.9 Å². The largest absolute Gasteiger partial charge is 0.445 e. The summed E-state index contributed by atoms with van der Waals surface area (Å²) in [6, 6.07) is 10.2. The Morgan fingerprint density at radius 1 is 1.00 bits per heavy atom. The molecule has 0 unspecified atom stereocenters. The van der Waals surface area contributed by atoms with Crippen LogP contribution in [0, 0.1) is 0 Å².